The van der Waals surface area contributed by atoms with Crippen LogP contribution >= 0.6 is 11.3 Å². The summed E-state index contributed by atoms with van der Waals surface area (Å²) in [6.07, 6.45) is 1.02. The molecule has 4 heterocycles. The number of carbonyl (C=O) groups is 1. The molecule has 2 saturated heterocycles. The Morgan fingerprint density at radius 1 is 1.08 bits per heavy atom. The number of amides is 1. The van der Waals surface area contributed by atoms with E-state index in [9.17, 15) is 20.1 Å². The van der Waals surface area contributed by atoms with E-state index in [2.05, 4.69) is 30.7 Å². The molecular weight excluding hydrogens is 506 g/mol. The van der Waals surface area contributed by atoms with Gasteiger partial charge in [-0.25, -0.2) is 4.98 Å². The monoisotopic (exact) mass is 539 g/mol. The molecule has 7 atom stereocenters. The average Bonchev–Trinajstić information content (AvgIpc) is 3.49. The summed E-state index contributed by atoms with van der Waals surface area (Å²) in [6.45, 7) is 2.86. The Morgan fingerprint density at radius 3 is 2.61 bits per heavy atom. The number of hydrogen-bond acceptors (Lipinski definition) is 11. The van der Waals surface area contributed by atoms with E-state index in [0.29, 0.717) is 11.4 Å². The van der Waals surface area contributed by atoms with Crippen LogP contribution < -0.4 is 20.9 Å². The number of aliphatic hydroxyl groups excluding tert-OH is 3. The molecule has 1 aromatic carbocycles. The first kappa shape index (κ1) is 25.6. The minimum Gasteiger partial charge on any atom is -0.396 e. The van der Waals surface area contributed by atoms with Crippen LogP contribution in [0.25, 0.3) is 10.2 Å². The number of para-hydroxylation sites is 1. The van der Waals surface area contributed by atoms with Gasteiger partial charge >= 0.3 is 0 Å². The largest absolute Gasteiger partial charge is 0.396 e. The smallest absolute Gasteiger partial charge is 0.235 e. The van der Waals surface area contributed by atoms with Crippen LogP contribution in [0.2, 0.25) is 0 Å². The summed E-state index contributed by atoms with van der Waals surface area (Å²) in [5.41, 5.74) is 1.92. The Balaban J connectivity index is 1.22. The number of aromatic nitrogens is 2. The molecule has 3 fully saturated rings. The lowest BCUT2D eigenvalue weighted by atomic mass is 10.0. The minimum atomic E-state index is -1.04. The molecule has 6 rings (SSSR count). The van der Waals surface area contributed by atoms with Crippen LogP contribution in [0.15, 0.2) is 48.8 Å². The van der Waals surface area contributed by atoms with Gasteiger partial charge in [0, 0.05) is 50.9 Å². The van der Waals surface area contributed by atoms with Gasteiger partial charge in [-0.2, -0.15) is 0 Å². The van der Waals surface area contributed by atoms with Gasteiger partial charge < -0.3 is 25.5 Å². The molecule has 6 N–H and O–H groups in total. The predicted octanol–water partition coefficient (Wildman–Crippen LogP) is -0.382. The molecule has 38 heavy (non-hydrogen) atoms. The topological polar surface area (TPSA) is 146 Å². The predicted molar refractivity (Wildman–Crippen MR) is 143 cm³/mol. The maximum absolute atomic E-state index is 13.6. The number of thiazole rings is 1. The number of nitrogens with zero attached hydrogens (tertiary/aromatic N) is 4. The molecular formula is C26H33N7O4S. The van der Waals surface area contributed by atoms with Gasteiger partial charge in [0.25, 0.3) is 0 Å². The first-order chi connectivity index (χ1) is 18.5. The van der Waals surface area contributed by atoms with Crippen LogP contribution in [-0.4, -0.2) is 99.6 Å². The van der Waals surface area contributed by atoms with Crippen molar-refractivity contribution in [1.29, 1.82) is 0 Å². The van der Waals surface area contributed by atoms with Crippen molar-refractivity contribution >= 4 is 33.1 Å². The number of hydrogen-bond donors (Lipinski definition) is 6. The van der Waals surface area contributed by atoms with Crippen molar-refractivity contribution < 1.29 is 20.1 Å². The van der Waals surface area contributed by atoms with E-state index in [-0.39, 0.29) is 12.5 Å². The summed E-state index contributed by atoms with van der Waals surface area (Å²) in [5, 5.41) is 41.5. The van der Waals surface area contributed by atoms with Gasteiger partial charge in [0.1, 0.15) is 17.2 Å². The van der Waals surface area contributed by atoms with Gasteiger partial charge in [0.15, 0.2) is 0 Å². The number of fused-ring (bicyclic) bond motifs is 1. The number of piperazine rings is 1. The van der Waals surface area contributed by atoms with Gasteiger partial charge in [-0.1, -0.05) is 12.1 Å². The Morgan fingerprint density at radius 2 is 1.89 bits per heavy atom. The Bertz CT molecular complexity index is 1220. The van der Waals surface area contributed by atoms with Crippen molar-refractivity contribution in [3.8, 4) is 0 Å². The fraction of sp³-hybridized carbons (Fsp3) is 0.500. The lowest BCUT2D eigenvalue weighted by molar-refractivity contribution is -0.130. The second-order valence-corrected chi connectivity index (χ2v) is 11.3. The first-order valence-corrected chi connectivity index (χ1v) is 13.9. The van der Waals surface area contributed by atoms with Crippen LogP contribution in [0.1, 0.15) is 17.3 Å². The Kier molecular flexibility index (Phi) is 7.27. The van der Waals surface area contributed by atoms with E-state index in [1.165, 1.54) is 11.3 Å². The number of carbonyl (C=O) groups excluding carboxylic acids is 1. The third kappa shape index (κ3) is 4.89. The molecule has 202 valence electrons. The number of pyridine rings is 1. The van der Waals surface area contributed by atoms with Crippen molar-refractivity contribution in [2.75, 3.05) is 37.7 Å². The number of aliphatic hydroxyl groups is 3. The second-order valence-electron chi connectivity index (χ2n) is 10.2. The van der Waals surface area contributed by atoms with Crippen LogP contribution in [0.5, 0.6) is 0 Å². The van der Waals surface area contributed by atoms with Crippen LogP contribution in [0, 0.1) is 5.92 Å². The summed E-state index contributed by atoms with van der Waals surface area (Å²) in [6, 6.07) is 11.3. The van der Waals surface area contributed by atoms with Crippen LogP contribution in [-0.2, 0) is 4.79 Å². The molecule has 2 aromatic heterocycles. The minimum absolute atomic E-state index is 0.147. The highest BCUT2D eigenvalue weighted by Crippen LogP contribution is 2.33. The average molecular weight is 540 g/mol. The summed E-state index contributed by atoms with van der Waals surface area (Å²) in [5.74, 6) is -1.19. The van der Waals surface area contributed by atoms with Crippen LogP contribution in [0.3, 0.4) is 0 Å². The molecule has 3 unspecified atom stereocenters. The molecule has 1 saturated carbocycles. The summed E-state index contributed by atoms with van der Waals surface area (Å²) >= 11 is 1.48. The first-order valence-electron chi connectivity index (χ1n) is 13.1. The second kappa shape index (κ2) is 10.8. The van der Waals surface area contributed by atoms with Crippen molar-refractivity contribution in [3.63, 3.8) is 0 Å². The van der Waals surface area contributed by atoms with Gasteiger partial charge in [0.05, 0.1) is 40.5 Å². The number of anilines is 1. The van der Waals surface area contributed by atoms with E-state index >= 15 is 0 Å². The van der Waals surface area contributed by atoms with Crippen molar-refractivity contribution in [2.45, 2.75) is 43.0 Å². The van der Waals surface area contributed by atoms with E-state index in [1.807, 2.05) is 42.6 Å². The third-order valence-electron chi connectivity index (χ3n) is 7.93. The standard InChI is InChI=1S/C26H33N7O4S/c34-14-15-12-18(22(36)21(15)35)28-23-20(25-29-17-5-1-2-6-19(17)38-25)24(37)31-26(30-23)33-10-8-32(9-11-33)16-4-3-7-27-13-16/h1-7,13,15,18,20-23,26,28,30,34-36H,8-12,14H2,(H,31,37)/t15-,18-,20?,21-,22+,23?,26?/m1/s1. The van der Waals surface area contributed by atoms with Gasteiger partial charge in [0.2, 0.25) is 5.91 Å². The van der Waals surface area contributed by atoms with Crippen LogP contribution in [0.4, 0.5) is 5.69 Å². The number of nitrogens with one attached hydrogen (secondary N) is 3. The van der Waals surface area contributed by atoms with Gasteiger partial charge in [-0.3, -0.25) is 25.3 Å². The molecule has 3 aromatic rings. The van der Waals surface area contributed by atoms with E-state index < -0.39 is 42.5 Å². The summed E-state index contributed by atoms with van der Waals surface area (Å²) in [4.78, 5) is 27.1. The molecule has 0 bridgehead atoms. The third-order valence-corrected chi connectivity index (χ3v) is 9.05. The van der Waals surface area contributed by atoms with Crippen molar-refractivity contribution in [1.82, 2.24) is 30.8 Å². The Hall–Kier alpha value is -2.71. The van der Waals surface area contributed by atoms with Gasteiger partial charge in [-0.15, -0.1) is 11.3 Å². The van der Waals surface area contributed by atoms with E-state index in [4.69, 9.17) is 4.98 Å². The zero-order chi connectivity index (χ0) is 26.2. The van der Waals surface area contributed by atoms with E-state index in [0.717, 1.165) is 42.1 Å². The SMILES string of the molecule is O=C1NC(N2CCN(c3cccnc3)CC2)NC(N[C@@H]2C[C@H](CO)[C@@H](O)[C@H]2O)C1c1nc2ccccc2s1. The maximum atomic E-state index is 13.6. The van der Waals surface area contributed by atoms with Crippen molar-refractivity contribution in [2.24, 2.45) is 5.92 Å². The zero-order valence-electron chi connectivity index (χ0n) is 20.8. The number of rotatable bonds is 6. The lowest BCUT2D eigenvalue weighted by Gasteiger charge is -2.46. The Labute approximate surface area is 224 Å². The zero-order valence-corrected chi connectivity index (χ0v) is 21.7. The van der Waals surface area contributed by atoms with E-state index in [1.54, 1.807) is 6.20 Å². The highest BCUT2D eigenvalue weighted by Gasteiger charge is 2.46. The summed E-state index contributed by atoms with van der Waals surface area (Å²) in [7, 11) is 0. The fourth-order valence-corrected chi connectivity index (χ4v) is 6.89. The molecule has 0 spiro atoms. The molecule has 3 aliphatic rings. The van der Waals surface area contributed by atoms with Crippen molar-refractivity contribution in [3.05, 3.63) is 53.8 Å². The quantitative estimate of drug-likeness (QED) is 0.245. The highest BCUT2D eigenvalue weighted by atomic mass is 32.1. The molecule has 2 aliphatic heterocycles. The molecule has 11 nitrogen and oxygen atoms in total. The summed E-state index contributed by atoms with van der Waals surface area (Å²) < 4.78 is 0.999. The lowest BCUT2D eigenvalue weighted by Crippen LogP contribution is -2.72. The highest BCUT2D eigenvalue weighted by molar-refractivity contribution is 7.18. The molecule has 0 radical (unpaired) electrons. The maximum Gasteiger partial charge on any atom is 0.235 e. The molecule has 1 amide bonds. The number of benzene rings is 1. The van der Waals surface area contributed by atoms with Gasteiger partial charge in [-0.05, 0) is 30.7 Å². The normalized spacial score (nSPS) is 32.6. The molecule has 1 aliphatic carbocycles. The molecule has 12 heteroatoms. The fourth-order valence-electron chi connectivity index (χ4n) is 5.78.